The van der Waals surface area contributed by atoms with Crippen molar-refractivity contribution in [3.8, 4) is 39.1 Å². The van der Waals surface area contributed by atoms with Crippen LogP contribution in [-0.4, -0.2) is 4.57 Å². The quantitative estimate of drug-likeness (QED) is 0.161. The van der Waals surface area contributed by atoms with Crippen molar-refractivity contribution in [3.05, 3.63) is 231 Å². The van der Waals surface area contributed by atoms with E-state index in [0.717, 1.165) is 72.2 Å². The monoisotopic (exact) mass is 778 g/mol. The van der Waals surface area contributed by atoms with Crippen LogP contribution in [0.2, 0.25) is 0 Å². The highest BCUT2D eigenvalue weighted by Crippen LogP contribution is 2.49. The number of fused-ring (bicyclic) bond motifs is 7. The Kier molecular flexibility index (Phi) is 8.17. The predicted molar refractivity (Wildman–Crippen MR) is 257 cm³/mol. The molecule has 2 heterocycles. The predicted octanol–water partition coefficient (Wildman–Crippen LogP) is 16.3. The highest BCUT2D eigenvalue weighted by Gasteiger charge is 2.25. The average Bonchev–Trinajstić information content (AvgIpc) is 3.87. The maximum atomic E-state index is 6.75. The van der Waals surface area contributed by atoms with Gasteiger partial charge in [-0.3, -0.25) is 0 Å². The Labute approximate surface area is 353 Å². The molecule has 0 unspecified atom stereocenters. The number of furan rings is 1. The standard InChI is InChI=1S/C58H38N2O/c1-4-17-39(18-5-1)40-31-33-44(34-32-40)59(50-28-14-12-26-46(50)41-19-6-2-7-20-41)45-35-36-52-49(37-45)57-53(60(52)51-29-16-24-42-21-10-11-25-47(42)51)38-55-58(48-27-13-15-30-54(48)61-55)56(57)43-22-8-3-9-23-43/h1-38H. The lowest BCUT2D eigenvalue weighted by Gasteiger charge is -2.28. The van der Waals surface area contributed by atoms with E-state index in [1.165, 1.54) is 38.4 Å². The van der Waals surface area contributed by atoms with Crippen LogP contribution in [0.4, 0.5) is 17.1 Å². The van der Waals surface area contributed by atoms with Crippen LogP contribution in [-0.2, 0) is 0 Å². The molecule has 0 spiro atoms. The Morgan fingerprint density at radius 1 is 0.361 bits per heavy atom. The molecule has 0 radical (unpaired) electrons. The SMILES string of the molecule is c1ccc(-c2ccc(N(c3ccc4c(c3)c3c(-c5ccccc5)c5c(cc3n4-c3cccc4ccccc34)oc3ccccc35)c3ccccc3-c3ccccc3)cc2)cc1. The molecule has 61 heavy (non-hydrogen) atoms. The minimum absolute atomic E-state index is 0.869. The molecule has 0 saturated heterocycles. The fourth-order valence-corrected chi connectivity index (χ4v) is 9.46. The van der Waals surface area contributed by atoms with Gasteiger partial charge in [0.2, 0.25) is 0 Å². The summed E-state index contributed by atoms with van der Waals surface area (Å²) >= 11 is 0. The second-order valence-corrected chi connectivity index (χ2v) is 15.6. The molecule has 0 bridgehead atoms. The molecule has 3 heteroatoms. The topological polar surface area (TPSA) is 21.3 Å². The zero-order valence-corrected chi connectivity index (χ0v) is 33.2. The number of nitrogens with zero attached hydrogens (tertiary/aromatic N) is 2. The third-order valence-electron chi connectivity index (χ3n) is 12.2. The summed E-state index contributed by atoms with van der Waals surface area (Å²) in [6.07, 6.45) is 0. The highest BCUT2D eigenvalue weighted by atomic mass is 16.3. The number of hydrogen-bond acceptors (Lipinski definition) is 2. The third kappa shape index (κ3) is 5.74. The molecule has 12 rings (SSSR count). The van der Waals surface area contributed by atoms with E-state index >= 15 is 0 Å². The van der Waals surface area contributed by atoms with Gasteiger partial charge in [0.05, 0.1) is 22.4 Å². The molecule has 0 aliphatic heterocycles. The van der Waals surface area contributed by atoms with Crippen LogP contribution in [0.1, 0.15) is 0 Å². The van der Waals surface area contributed by atoms with E-state index in [4.69, 9.17) is 4.42 Å². The smallest absolute Gasteiger partial charge is 0.138 e. The molecule has 12 aromatic rings. The van der Waals surface area contributed by atoms with Crippen molar-refractivity contribution in [3.63, 3.8) is 0 Å². The second-order valence-electron chi connectivity index (χ2n) is 15.6. The van der Waals surface area contributed by atoms with Crippen molar-refractivity contribution in [2.45, 2.75) is 0 Å². The minimum Gasteiger partial charge on any atom is -0.456 e. The molecule has 0 saturated carbocycles. The summed E-state index contributed by atoms with van der Waals surface area (Å²) in [5.41, 5.74) is 15.4. The Balaban J connectivity index is 1.20. The fourth-order valence-electron chi connectivity index (χ4n) is 9.46. The van der Waals surface area contributed by atoms with Gasteiger partial charge in [0, 0.05) is 55.5 Å². The normalized spacial score (nSPS) is 11.6. The van der Waals surface area contributed by atoms with Crippen LogP contribution in [0, 0.1) is 0 Å². The lowest BCUT2D eigenvalue weighted by Crippen LogP contribution is -2.11. The third-order valence-corrected chi connectivity index (χ3v) is 12.2. The van der Waals surface area contributed by atoms with Gasteiger partial charge in [-0.05, 0) is 76.2 Å². The van der Waals surface area contributed by atoms with E-state index in [1.54, 1.807) is 0 Å². The first-order valence-corrected chi connectivity index (χ1v) is 20.8. The van der Waals surface area contributed by atoms with E-state index < -0.39 is 0 Å². The van der Waals surface area contributed by atoms with E-state index in [-0.39, 0.29) is 0 Å². The first kappa shape index (κ1) is 34.9. The number of hydrogen-bond donors (Lipinski definition) is 0. The van der Waals surface area contributed by atoms with Gasteiger partial charge in [0.1, 0.15) is 11.2 Å². The van der Waals surface area contributed by atoms with Crippen molar-refractivity contribution >= 4 is 71.6 Å². The molecule has 0 atom stereocenters. The maximum Gasteiger partial charge on any atom is 0.138 e. The number of benzene rings is 10. The molecule has 0 N–H and O–H groups in total. The summed E-state index contributed by atoms with van der Waals surface area (Å²) in [6, 6.07) is 82.9. The molecular weight excluding hydrogens is 741 g/mol. The summed E-state index contributed by atoms with van der Waals surface area (Å²) in [6.45, 7) is 0. The summed E-state index contributed by atoms with van der Waals surface area (Å²) in [5.74, 6) is 0. The maximum absolute atomic E-state index is 6.75. The van der Waals surface area contributed by atoms with Gasteiger partial charge in [-0.25, -0.2) is 0 Å². The van der Waals surface area contributed by atoms with E-state index in [0.29, 0.717) is 0 Å². The Hall–Kier alpha value is -8.14. The van der Waals surface area contributed by atoms with Gasteiger partial charge in [-0.15, -0.1) is 0 Å². The molecular formula is C58H38N2O. The van der Waals surface area contributed by atoms with E-state index in [9.17, 15) is 0 Å². The van der Waals surface area contributed by atoms with Crippen LogP contribution >= 0.6 is 0 Å². The number of anilines is 3. The number of rotatable bonds is 7. The average molecular weight is 779 g/mol. The Morgan fingerprint density at radius 3 is 1.75 bits per heavy atom. The van der Waals surface area contributed by atoms with Crippen molar-refractivity contribution in [1.29, 1.82) is 0 Å². The molecule has 0 aliphatic carbocycles. The van der Waals surface area contributed by atoms with E-state index in [2.05, 4.69) is 240 Å². The Morgan fingerprint density at radius 2 is 0.967 bits per heavy atom. The zero-order chi connectivity index (χ0) is 40.3. The number of aromatic nitrogens is 1. The molecule has 0 aliphatic rings. The van der Waals surface area contributed by atoms with Gasteiger partial charge in [0.15, 0.2) is 0 Å². The minimum atomic E-state index is 0.869. The van der Waals surface area contributed by atoms with Gasteiger partial charge >= 0.3 is 0 Å². The summed E-state index contributed by atoms with van der Waals surface area (Å²) < 4.78 is 9.20. The first-order chi connectivity index (χ1) is 30.3. The van der Waals surface area contributed by atoms with Crippen LogP contribution in [0.25, 0.3) is 93.6 Å². The first-order valence-electron chi connectivity index (χ1n) is 20.8. The van der Waals surface area contributed by atoms with Gasteiger partial charge in [0.25, 0.3) is 0 Å². The summed E-state index contributed by atoms with van der Waals surface area (Å²) in [5, 5.41) is 6.97. The second kappa shape index (κ2) is 14.3. The van der Waals surface area contributed by atoms with E-state index in [1.807, 2.05) is 0 Å². The van der Waals surface area contributed by atoms with Crippen molar-refractivity contribution in [2.75, 3.05) is 4.90 Å². The van der Waals surface area contributed by atoms with Gasteiger partial charge in [-0.2, -0.15) is 0 Å². The largest absolute Gasteiger partial charge is 0.456 e. The van der Waals surface area contributed by atoms with Crippen molar-refractivity contribution < 1.29 is 4.42 Å². The van der Waals surface area contributed by atoms with Crippen LogP contribution < -0.4 is 4.90 Å². The lowest BCUT2D eigenvalue weighted by atomic mass is 9.94. The molecule has 0 amide bonds. The molecule has 286 valence electrons. The zero-order valence-electron chi connectivity index (χ0n) is 33.2. The van der Waals surface area contributed by atoms with Crippen molar-refractivity contribution in [1.82, 2.24) is 4.57 Å². The summed E-state index contributed by atoms with van der Waals surface area (Å²) in [7, 11) is 0. The number of para-hydroxylation sites is 2. The van der Waals surface area contributed by atoms with Gasteiger partial charge < -0.3 is 13.9 Å². The summed E-state index contributed by atoms with van der Waals surface area (Å²) in [4.78, 5) is 2.42. The molecule has 10 aromatic carbocycles. The molecule has 3 nitrogen and oxygen atoms in total. The highest BCUT2D eigenvalue weighted by molar-refractivity contribution is 6.27. The van der Waals surface area contributed by atoms with Crippen LogP contribution in [0.3, 0.4) is 0 Å². The van der Waals surface area contributed by atoms with Crippen LogP contribution in [0.15, 0.2) is 235 Å². The fraction of sp³-hybridized carbons (Fsp3) is 0. The Bertz CT molecular complexity index is 3560. The molecule has 0 fully saturated rings. The van der Waals surface area contributed by atoms with Crippen LogP contribution in [0.5, 0.6) is 0 Å². The lowest BCUT2D eigenvalue weighted by molar-refractivity contribution is 0.669. The van der Waals surface area contributed by atoms with Crippen molar-refractivity contribution in [2.24, 2.45) is 0 Å². The van der Waals surface area contributed by atoms with Gasteiger partial charge in [-0.1, -0.05) is 176 Å². The molecule has 2 aromatic heterocycles.